The molecule has 0 spiro atoms. The third-order valence-corrected chi connectivity index (χ3v) is 6.38. The van der Waals surface area contributed by atoms with E-state index >= 15 is 0 Å². The zero-order chi connectivity index (χ0) is 18.9. The molecule has 1 aromatic carbocycles. The molecule has 1 aliphatic heterocycles. The lowest BCUT2D eigenvalue weighted by atomic mass is 10.1. The van der Waals surface area contributed by atoms with E-state index in [-0.39, 0.29) is 41.3 Å². The Hall–Kier alpha value is -2.22. The molecule has 1 aliphatic rings. The summed E-state index contributed by atoms with van der Waals surface area (Å²) in [6, 6.07) is 5.85. The highest BCUT2D eigenvalue weighted by Crippen LogP contribution is 2.25. The van der Waals surface area contributed by atoms with Gasteiger partial charge in [-0.2, -0.15) is 0 Å². The minimum absolute atomic E-state index is 0.00482. The molecule has 1 aromatic heterocycles. The van der Waals surface area contributed by atoms with Crippen molar-refractivity contribution in [2.24, 2.45) is 0 Å². The molecule has 0 bridgehead atoms. The summed E-state index contributed by atoms with van der Waals surface area (Å²) in [6.45, 7) is 3.93. The lowest BCUT2D eigenvalue weighted by Crippen LogP contribution is -2.41. The Bertz CT molecular complexity index is 923. The van der Waals surface area contributed by atoms with E-state index in [4.69, 9.17) is 4.42 Å². The number of rotatable bonds is 5. The lowest BCUT2D eigenvalue weighted by Gasteiger charge is -2.26. The Morgan fingerprint density at radius 1 is 1.38 bits per heavy atom. The van der Waals surface area contributed by atoms with Crippen molar-refractivity contribution in [2.45, 2.75) is 32.7 Å². The van der Waals surface area contributed by atoms with E-state index in [1.54, 1.807) is 30.0 Å². The Morgan fingerprint density at radius 2 is 2.12 bits per heavy atom. The molecule has 26 heavy (non-hydrogen) atoms. The predicted molar refractivity (Wildman–Crippen MR) is 94.8 cm³/mol. The van der Waals surface area contributed by atoms with Crippen molar-refractivity contribution in [3.8, 4) is 11.5 Å². The number of amides is 1. The zero-order valence-electron chi connectivity index (χ0n) is 14.7. The lowest BCUT2D eigenvalue weighted by molar-refractivity contribution is -0.132. The van der Waals surface area contributed by atoms with Crippen molar-refractivity contribution in [3.05, 3.63) is 41.5 Å². The zero-order valence-corrected chi connectivity index (χ0v) is 15.6. The van der Waals surface area contributed by atoms with E-state index in [0.29, 0.717) is 24.4 Å². The summed E-state index contributed by atoms with van der Waals surface area (Å²) < 4.78 is 42.8. The molecule has 0 aliphatic carbocycles. The normalized spacial score (nSPS) is 18.8. The minimum Gasteiger partial charge on any atom is -0.441 e. The van der Waals surface area contributed by atoms with Gasteiger partial charge in [-0.25, -0.2) is 17.8 Å². The topological polar surface area (TPSA) is 80.5 Å². The van der Waals surface area contributed by atoms with Gasteiger partial charge in [0.2, 0.25) is 11.8 Å². The number of aryl methyl sites for hydroxylation is 1. The summed E-state index contributed by atoms with van der Waals surface area (Å²) in [5, 5.41) is 0. The number of carbonyl (C=O) groups is 1. The summed E-state index contributed by atoms with van der Waals surface area (Å²) in [5.41, 5.74) is 0.677. The first-order chi connectivity index (χ1) is 12.3. The molecule has 0 N–H and O–H groups in total. The second kappa shape index (κ2) is 7.19. The number of hydrogen-bond donors (Lipinski definition) is 0. The van der Waals surface area contributed by atoms with E-state index in [0.717, 1.165) is 0 Å². The predicted octanol–water partition coefficient (Wildman–Crippen LogP) is 2.37. The van der Waals surface area contributed by atoms with Crippen molar-refractivity contribution in [1.29, 1.82) is 0 Å². The molecule has 6 nitrogen and oxygen atoms in total. The fourth-order valence-electron chi connectivity index (χ4n) is 3.25. The number of oxazole rings is 1. The van der Waals surface area contributed by atoms with Crippen molar-refractivity contribution in [2.75, 3.05) is 18.1 Å². The molecule has 3 rings (SSSR count). The highest BCUT2D eigenvalue weighted by atomic mass is 32.2. The van der Waals surface area contributed by atoms with E-state index < -0.39 is 15.7 Å². The smallest absolute Gasteiger partial charge is 0.229 e. The maximum atomic E-state index is 13.9. The SMILES string of the molecule is CCN(C(=O)Cc1nc(-c2ccccc2F)oc1C)C1CCS(=O)(=O)C1. The minimum atomic E-state index is -3.07. The molecule has 2 heterocycles. The van der Waals surface area contributed by atoms with Gasteiger partial charge in [0.05, 0.1) is 29.2 Å². The van der Waals surface area contributed by atoms with Crippen LogP contribution in [0.3, 0.4) is 0 Å². The first kappa shape index (κ1) is 18.6. The van der Waals surface area contributed by atoms with Gasteiger partial charge in [-0.05, 0) is 32.4 Å². The van der Waals surface area contributed by atoms with Gasteiger partial charge in [-0.3, -0.25) is 4.79 Å². The van der Waals surface area contributed by atoms with Gasteiger partial charge in [-0.15, -0.1) is 0 Å². The largest absolute Gasteiger partial charge is 0.441 e. The molecule has 2 aromatic rings. The van der Waals surface area contributed by atoms with Crippen LogP contribution < -0.4 is 0 Å². The van der Waals surface area contributed by atoms with Gasteiger partial charge in [0.1, 0.15) is 11.6 Å². The van der Waals surface area contributed by atoms with Gasteiger partial charge >= 0.3 is 0 Å². The first-order valence-electron chi connectivity index (χ1n) is 8.52. The summed E-state index contributed by atoms with van der Waals surface area (Å²) >= 11 is 0. The van der Waals surface area contributed by atoms with Crippen LogP contribution in [0.25, 0.3) is 11.5 Å². The van der Waals surface area contributed by atoms with Crippen LogP contribution in [0.2, 0.25) is 0 Å². The van der Waals surface area contributed by atoms with Gasteiger partial charge in [0, 0.05) is 12.6 Å². The number of benzene rings is 1. The van der Waals surface area contributed by atoms with Crippen molar-refractivity contribution < 1.29 is 22.0 Å². The molecule has 1 fully saturated rings. The van der Waals surface area contributed by atoms with Crippen LogP contribution in [0.15, 0.2) is 28.7 Å². The number of aromatic nitrogens is 1. The number of hydrogen-bond acceptors (Lipinski definition) is 5. The second-order valence-corrected chi connectivity index (χ2v) is 8.64. The van der Waals surface area contributed by atoms with Crippen molar-refractivity contribution >= 4 is 15.7 Å². The standard InChI is InChI=1S/C18H21FN2O4S/c1-3-21(13-8-9-26(23,24)11-13)17(22)10-16-12(2)25-18(20-16)14-6-4-5-7-15(14)19/h4-7,13H,3,8-11H2,1-2H3. The summed E-state index contributed by atoms with van der Waals surface area (Å²) in [4.78, 5) is 18.5. The van der Waals surface area contributed by atoms with Crippen LogP contribution >= 0.6 is 0 Å². The molecule has 1 saturated heterocycles. The maximum absolute atomic E-state index is 13.9. The number of sulfone groups is 1. The molecule has 8 heteroatoms. The van der Waals surface area contributed by atoms with Crippen LogP contribution in [0, 0.1) is 12.7 Å². The Morgan fingerprint density at radius 3 is 2.73 bits per heavy atom. The summed E-state index contributed by atoms with van der Waals surface area (Å²) in [5.74, 6) is 0.0536. The summed E-state index contributed by atoms with van der Waals surface area (Å²) in [7, 11) is -3.07. The second-order valence-electron chi connectivity index (χ2n) is 6.42. The Labute approximate surface area is 151 Å². The fourth-order valence-corrected chi connectivity index (χ4v) is 4.98. The van der Waals surface area contributed by atoms with Crippen LogP contribution in [0.4, 0.5) is 4.39 Å². The van der Waals surface area contributed by atoms with Gasteiger partial charge < -0.3 is 9.32 Å². The molecule has 1 unspecified atom stereocenters. The van der Waals surface area contributed by atoms with E-state index in [1.807, 2.05) is 6.92 Å². The Balaban J connectivity index is 1.78. The molecule has 1 amide bonds. The number of nitrogens with zero attached hydrogens (tertiary/aromatic N) is 2. The van der Waals surface area contributed by atoms with E-state index in [1.165, 1.54) is 6.07 Å². The van der Waals surface area contributed by atoms with Crippen LogP contribution in [0.5, 0.6) is 0 Å². The third kappa shape index (κ3) is 3.80. The maximum Gasteiger partial charge on any atom is 0.229 e. The molecular formula is C18H21FN2O4S. The monoisotopic (exact) mass is 380 g/mol. The van der Waals surface area contributed by atoms with Crippen LogP contribution in [0.1, 0.15) is 24.8 Å². The van der Waals surface area contributed by atoms with Gasteiger partial charge in [0.25, 0.3) is 0 Å². The Kier molecular flexibility index (Phi) is 5.13. The first-order valence-corrected chi connectivity index (χ1v) is 10.3. The van der Waals surface area contributed by atoms with Gasteiger partial charge in [-0.1, -0.05) is 12.1 Å². The van der Waals surface area contributed by atoms with E-state index in [2.05, 4.69) is 4.98 Å². The molecular weight excluding hydrogens is 359 g/mol. The number of likely N-dealkylation sites (N-methyl/N-ethyl adjacent to an activating group) is 1. The van der Waals surface area contributed by atoms with Crippen LogP contribution in [-0.4, -0.2) is 48.3 Å². The summed E-state index contributed by atoms with van der Waals surface area (Å²) in [6.07, 6.45) is 0.453. The average molecular weight is 380 g/mol. The van der Waals surface area contributed by atoms with E-state index in [9.17, 15) is 17.6 Å². The van der Waals surface area contributed by atoms with Crippen molar-refractivity contribution in [3.63, 3.8) is 0 Å². The molecule has 140 valence electrons. The number of halogens is 1. The highest BCUT2D eigenvalue weighted by Gasteiger charge is 2.34. The molecule has 0 saturated carbocycles. The average Bonchev–Trinajstić information content (AvgIpc) is 3.11. The molecule has 1 atom stereocenters. The van der Waals surface area contributed by atoms with Gasteiger partial charge in [0.15, 0.2) is 9.84 Å². The fraction of sp³-hybridized carbons (Fsp3) is 0.444. The number of carbonyl (C=O) groups excluding carboxylic acids is 1. The van der Waals surface area contributed by atoms with Crippen LogP contribution in [-0.2, 0) is 21.1 Å². The van der Waals surface area contributed by atoms with Crippen molar-refractivity contribution in [1.82, 2.24) is 9.88 Å². The third-order valence-electron chi connectivity index (χ3n) is 4.63. The molecule has 0 radical (unpaired) electrons. The quantitative estimate of drug-likeness (QED) is 0.796. The highest BCUT2D eigenvalue weighted by molar-refractivity contribution is 7.91.